The Morgan fingerprint density at radius 3 is 2.38 bits per heavy atom. The Labute approximate surface area is 376 Å². The third-order valence-electron chi connectivity index (χ3n) is 15.9. The van der Waals surface area contributed by atoms with Crippen LogP contribution in [0.2, 0.25) is 0 Å². The van der Waals surface area contributed by atoms with Gasteiger partial charge in [-0.15, -0.1) is 6.58 Å². The summed E-state index contributed by atoms with van der Waals surface area (Å²) in [5.41, 5.74) is -1.56. The number of amides is 3. The van der Waals surface area contributed by atoms with Gasteiger partial charge in [-0.3, -0.25) is 19.2 Å². The number of ether oxygens (including phenoxy) is 3. The molecule has 13 nitrogen and oxygen atoms in total. The number of phenols is 1. The number of allylic oxidation sites excluding steroid dienone is 2. The number of nitrogens with zero attached hydrogens (tertiary/aromatic N) is 2. The fourth-order valence-corrected chi connectivity index (χ4v) is 12.6. The highest BCUT2D eigenvalue weighted by atomic mass is 16.7. The second-order valence-corrected chi connectivity index (χ2v) is 20.7. The van der Waals surface area contributed by atoms with Gasteiger partial charge >= 0.3 is 0 Å². The first-order chi connectivity index (χ1) is 30.5. The largest absolute Gasteiger partial charge is 0.508 e. The first-order valence-electron chi connectivity index (χ1n) is 23.6. The summed E-state index contributed by atoms with van der Waals surface area (Å²) in [5.74, 6) is -0.124. The molecule has 0 aromatic heterocycles. The number of aliphatic hydroxyl groups is 1. The number of carbonyl (C=O) groups is 4. The number of para-hydroxylation sites is 1. The first kappa shape index (κ1) is 44.6. The summed E-state index contributed by atoms with van der Waals surface area (Å²) in [7, 11) is 0. The maximum atomic E-state index is 15.2. The smallest absolute Gasteiger partial charge is 0.247 e. The second-order valence-electron chi connectivity index (χ2n) is 20.7. The predicted octanol–water partition coefficient (Wildman–Crippen LogP) is 5.75. The Morgan fingerprint density at radius 1 is 1.00 bits per heavy atom. The molecule has 13 heteroatoms. The number of epoxide rings is 2. The molecule has 1 saturated carbocycles. The van der Waals surface area contributed by atoms with Crippen LogP contribution in [-0.2, 0) is 45.2 Å². The maximum absolute atomic E-state index is 15.2. The zero-order valence-corrected chi connectivity index (χ0v) is 38.1. The number of benzene rings is 2. The Bertz CT molecular complexity index is 2190. The summed E-state index contributed by atoms with van der Waals surface area (Å²) in [6.45, 7) is 16.6. The highest BCUT2D eigenvalue weighted by Gasteiger charge is 2.84. The third-order valence-corrected chi connectivity index (χ3v) is 15.9. The summed E-state index contributed by atoms with van der Waals surface area (Å²) in [4.78, 5) is 60.1. The van der Waals surface area contributed by atoms with E-state index in [1.807, 2.05) is 30.4 Å². The average molecular weight is 879 g/mol. The number of Topliss-reactive ketones (excluding diaryl/α,β-unsaturated/α-hetero) is 1. The van der Waals surface area contributed by atoms with Gasteiger partial charge in [-0.25, -0.2) is 0 Å². The molecule has 0 bridgehead atoms. The fraction of sp³-hybridized carbons (Fsp3) is 0.608. The van der Waals surface area contributed by atoms with E-state index in [9.17, 15) is 24.6 Å². The van der Waals surface area contributed by atoms with Crippen molar-refractivity contribution in [2.24, 2.45) is 17.3 Å². The lowest BCUT2D eigenvalue weighted by atomic mass is 9.60. The van der Waals surface area contributed by atoms with Crippen molar-refractivity contribution in [2.45, 2.75) is 177 Å². The third kappa shape index (κ3) is 7.20. The highest BCUT2D eigenvalue weighted by molar-refractivity contribution is 5.99. The molecule has 0 radical (unpaired) electrons. The van der Waals surface area contributed by atoms with Crippen molar-refractivity contribution < 1.29 is 43.6 Å². The standard InChI is InChI=1S/C51H66N4O9/c1-8-10-11-12-15-29(3)24-30(4)18-23-39(58)52-36-27-51(42-40(62-42)50(61,26-31(5)56)41-43(51)63-41)64-46(36)55-37-17-14-13-16-34(37)49(48(6,7)9-2)28-38-44(59)53-35(45(60)54(38)47(49)55)25-32-19-21-33(57)22-20-32/h9,13-14,16-23,29-30,35-36,38,40-43,46-47,57,61H,2,8,10-12,15,24-28H2,1,3-7H3,(H,52,58)(H,53,59)/b23-18+/t29?,30?,35-,36-,38-,40-,41+,42+,43-,46-,47+,49+,50?,51?/m0/s1. The monoisotopic (exact) mass is 878 g/mol. The number of phenolic OH excluding ortho intramolecular Hbond substituents is 1. The summed E-state index contributed by atoms with van der Waals surface area (Å²) in [6.07, 6.45) is 9.00. The van der Waals surface area contributed by atoms with Crippen LogP contribution < -0.4 is 15.5 Å². The fourth-order valence-electron chi connectivity index (χ4n) is 12.6. The van der Waals surface area contributed by atoms with E-state index in [4.69, 9.17) is 14.2 Å². The Balaban J connectivity index is 1.09. The van der Waals surface area contributed by atoms with Crippen molar-refractivity contribution >= 4 is 29.2 Å². The SMILES string of the molecule is C=CC(C)(C)[C@@]12C[C@H]3C(=O)N[C@@H](Cc4ccc(O)cc4)C(=O)N3[C@@H]1N([C@H]1OC3(C[C@@H]1NC(=O)/C=C/C(C)CC(C)CCCCCC)[C@@H]1O[C@@H]1C(O)(CC(C)=O)[C@@H]1O[C@@H]13)c1ccccc12. The van der Waals surface area contributed by atoms with Gasteiger partial charge in [0.2, 0.25) is 17.7 Å². The Kier molecular flexibility index (Phi) is 11.4. The van der Waals surface area contributed by atoms with E-state index < -0.39 is 77.0 Å². The molecule has 4 N–H and O–H groups in total. The number of nitrogens with one attached hydrogen (secondary N) is 2. The minimum atomic E-state index is -1.50. The van der Waals surface area contributed by atoms with E-state index in [0.717, 1.165) is 29.7 Å². The number of fused-ring (bicyclic) bond motifs is 9. The summed E-state index contributed by atoms with van der Waals surface area (Å²) >= 11 is 0. The van der Waals surface area contributed by atoms with Gasteiger partial charge < -0.3 is 44.9 Å². The van der Waals surface area contributed by atoms with Crippen molar-refractivity contribution in [2.75, 3.05) is 4.90 Å². The molecule has 4 unspecified atom stereocenters. The minimum absolute atomic E-state index is 0.106. The van der Waals surface area contributed by atoms with Crippen LogP contribution in [0, 0.1) is 17.3 Å². The maximum Gasteiger partial charge on any atom is 0.247 e. The number of anilines is 1. The highest BCUT2D eigenvalue weighted by Crippen LogP contribution is 2.67. The lowest BCUT2D eigenvalue weighted by Crippen LogP contribution is -2.68. The molecule has 1 aliphatic carbocycles. The van der Waals surface area contributed by atoms with Crippen LogP contribution in [0.25, 0.3) is 0 Å². The molecule has 64 heavy (non-hydrogen) atoms. The van der Waals surface area contributed by atoms with E-state index in [0.29, 0.717) is 12.3 Å². The average Bonchev–Trinajstić information content (AvgIpc) is 4.16. The van der Waals surface area contributed by atoms with Gasteiger partial charge in [-0.2, -0.15) is 0 Å². The Hall–Kier alpha value is -4.56. The molecule has 2 aromatic rings. The van der Waals surface area contributed by atoms with E-state index in [1.165, 1.54) is 32.6 Å². The molecule has 6 aliphatic heterocycles. The Morgan fingerprint density at radius 2 is 1.70 bits per heavy atom. The van der Waals surface area contributed by atoms with Crippen molar-refractivity contribution in [1.29, 1.82) is 0 Å². The number of hydrogen-bond acceptors (Lipinski definition) is 10. The molecular formula is C51H66N4O9. The number of piperazine rings is 1. The zero-order chi connectivity index (χ0) is 45.5. The molecule has 1 spiro atoms. The number of rotatable bonds is 17. The van der Waals surface area contributed by atoms with Gasteiger partial charge in [0.15, 0.2) is 6.23 Å². The molecule has 5 saturated heterocycles. The lowest BCUT2D eigenvalue weighted by molar-refractivity contribution is -0.150. The van der Waals surface area contributed by atoms with Gasteiger partial charge in [-0.1, -0.05) is 109 Å². The molecule has 2 aromatic carbocycles. The molecule has 344 valence electrons. The first-order valence-corrected chi connectivity index (χ1v) is 23.6. The van der Waals surface area contributed by atoms with Crippen LogP contribution in [0.15, 0.2) is 73.3 Å². The van der Waals surface area contributed by atoms with Crippen molar-refractivity contribution in [1.82, 2.24) is 15.5 Å². The number of hydrogen-bond donors (Lipinski definition) is 4. The molecule has 3 amide bonds. The van der Waals surface area contributed by atoms with Crippen LogP contribution in [0.3, 0.4) is 0 Å². The van der Waals surface area contributed by atoms with Gasteiger partial charge in [0, 0.05) is 30.4 Å². The van der Waals surface area contributed by atoms with Crippen LogP contribution >= 0.6 is 0 Å². The van der Waals surface area contributed by atoms with Crippen LogP contribution in [0.1, 0.15) is 110 Å². The number of carbonyl (C=O) groups excluding carboxylic acids is 4. The zero-order valence-electron chi connectivity index (χ0n) is 38.1. The molecular weight excluding hydrogens is 813 g/mol. The minimum Gasteiger partial charge on any atom is -0.508 e. The van der Waals surface area contributed by atoms with Crippen LogP contribution in [-0.4, -0.2) is 105 Å². The topological polar surface area (TPSA) is 174 Å². The molecule has 14 atom stereocenters. The van der Waals surface area contributed by atoms with Crippen LogP contribution in [0.4, 0.5) is 5.69 Å². The number of ketones is 1. The molecule has 6 heterocycles. The molecule has 7 aliphatic rings. The van der Waals surface area contributed by atoms with Crippen molar-refractivity contribution in [3.63, 3.8) is 0 Å². The van der Waals surface area contributed by atoms with E-state index in [-0.39, 0.29) is 54.4 Å². The summed E-state index contributed by atoms with van der Waals surface area (Å²) in [5, 5.41) is 28.2. The van der Waals surface area contributed by atoms with E-state index in [2.05, 4.69) is 62.8 Å². The summed E-state index contributed by atoms with van der Waals surface area (Å²) < 4.78 is 20.0. The van der Waals surface area contributed by atoms with Crippen molar-refractivity contribution in [3.8, 4) is 5.75 Å². The normalized spacial score (nSPS) is 36.5. The van der Waals surface area contributed by atoms with Crippen LogP contribution in [0.5, 0.6) is 5.75 Å². The number of aromatic hydroxyl groups is 1. The predicted molar refractivity (Wildman–Crippen MR) is 240 cm³/mol. The van der Waals surface area contributed by atoms with Crippen molar-refractivity contribution in [3.05, 3.63) is 84.5 Å². The van der Waals surface area contributed by atoms with Gasteiger partial charge in [0.1, 0.15) is 65.4 Å². The van der Waals surface area contributed by atoms with E-state index in [1.54, 1.807) is 35.2 Å². The van der Waals surface area contributed by atoms with Gasteiger partial charge in [0.25, 0.3) is 0 Å². The molecule has 6 fully saturated rings. The van der Waals surface area contributed by atoms with Gasteiger partial charge in [-0.05, 0) is 72.4 Å². The molecule has 9 rings (SSSR count). The summed E-state index contributed by atoms with van der Waals surface area (Å²) in [6, 6.07) is 12.3. The van der Waals surface area contributed by atoms with E-state index >= 15 is 4.79 Å². The van der Waals surface area contributed by atoms with Gasteiger partial charge in [0.05, 0.1) is 6.04 Å². The lowest BCUT2D eigenvalue weighted by Gasteiger charge is -2.48. The quantitative estimate of drug-likeness (QED) is 0.0664. The number of unbranched alkanes of at least 4 members (excludes halogenated alkanes) is 3. The second kappa shape index (κ2) is 16.4.